The molecule has 0 radical (unpaired) electrons. The number of ether oxygens (including phenoxy) is 2. The summed E-state index contributed by atoms with van der Waals surface area (Å²) in [6.07, 6.45) is 1.95. The number of nitrogens with one attached hydrogen (secondary N) is 1. The van der Waals surface area contributed by atoms with E-state index >= 15 is 0 Å². The summed E-state index contributed by atoms with van der Waals surface area (Å²) < 4.78 is 25.5. The van der Waals surface area contributed by atoms with Gasteiger partial charge >= 0.3 is 12.1 Å². The van der Waals surface area contributed by atoms with Gasteiger partial charge in [-0.1, -0.05) is 6.07 Å². The smallest absolute Gasteiger partial charge is 0.414 e. The van der Waals surface area contributed by atoms with Gasteiger partial charge in [0, 0.05) is 17.3 Å². The molecule has 0 spiro atoms. The summed E-state index contributed by atoms with van der Waals surface area (Å²) in [6, 6.07) is 7.57. The molecule has 1 amide bonds. The van der Waals surface area contributed by atoms with Crippen molar-refractivity contribution in [3.63, 3.8) is 0 Å². The number of pyridine rings is 1. The molecule has 0 aliphatic carbocycles. The molecule has 0 unspecified atom stereocenters. The Morgan fingerprint density at radius 1 is 1.32 bits per heavy atom. The summed E-state index contributed by atoms with van der Waals surface area (Å²) in [5.74, 6) is -0.492. The van der Waals surface area contributed by atoms with Gasteiger partial charge in [0.1, 0.15) is 24.2 Å². The summed E-state index contributed by atoms with van der Waals surface area (Å²) in [5.41, 5.74) is 1.76. The highest BCUT2D eigenvalue weighted by Crippen LogP contribution is 2.29. The number of anilines is 1. The first-order chi connectivity index (χ1) is 16.5. The summed E-state index contributed by atoms with van der Waals surface area (Å²) in [6.45, 7) is 0.898. The Kier molecular flexibility index (Phi) is 5.88. The molecular weight excluding hydrogens is 445 g/mol. The van der Waals surface area contributed by atoms with Crippen molar-refractivity contribution in [2.24, 2.45) is 7.05 Å². The van der Waals surface area contributed by atoms with Gasteiger partial charge in [-0.3, -0.25) is 14.7 Å². The molecule has 12 heteroatoms. The van der Waals surface area contributed by atoms with Gasteiger partial charge in [0.05, 0.1) is 19.3 Å². The zero-order valence-electron chi connectivity index (χ0n) is 18.3. The second-order valence-electron chi connectivity index (χ2n) is 8.09. The van der Waals surface area contributed by atoms with E-state index in [1.165, 1.54) is 22.0 Å². The highest BCUT2D eigenvalue weighted by Gasteiger charge is 2.34. The van der Waals surface area contributed by atoms with E-state index in [2.05, 4.69) is 25.7 Å². The molecule has 5 rings (SSSR count). The number of cyclic esters (lactones) is 1. The topological polar surface area (TPSA) is 124 Å². The predicted octanol–water partition coefficient (Wildman–Crippen LogP) is 1.70. The number of halogens is 1. The average Bonchev–Trinajstić information content (AvgIpc) is 3.59. The highest BCUT2D eigenvalue weighted by molar-refractivity contribution is 5.90. The molecule has 1 aromatic carbocycles. The Morgan fingerprint density at radius 3 is 2.88 bits per heavy atom. The van der Waals surface area contributed by atoms with Crippen molar-refractivity contribution >= 4 is 17.7 Å². The van der Waals surface area contributed by atoms with Crippen LogP contribution < -0.4 is 10.2 Å². The number of aromatic nitrogens is 5. The van der Waals surface area contributed by atoms with E-state index in [9.17, 15) is 14.0 Å². The maximum atomic E-state index is 14.9. The maximum absolute atomic E-state index is 14.9. The standard InChI is InChI=1S/C22H22FN7O4/c1-29-27-20(26-28-29)18-7-4-13(10-25-18)16-6-5-14(9-17(16)23)30-11-15(34-22(30)32)12-33-21(31)19-3-2-8-24-19/h4-7,9-10,15,19,24H,2-3,8,11-12H2,1H3/t15-,19-/m1/s1. The van der Waals surface area contributed by atoms with E-state index in [0.717, 1.165) is 19.4 Å². The number of tetrazole rings is 1. The molecule has 0 bridgehead atoms. The van der Waals surface area contributed by atoms with Crippen molar-refractivity contribution in [2.75, 3.05) is 24.6 Å². The number of benzene rings is 1. The molecule has 1 N–H and O–H groups in total. The van der Waals surface area contributed by atoms with Crippen LogP contribution in [-0.4, -0.2) is 69.1 Å². The minimum absolute atomic E-state index is 0.0432. The molecule has 34 heavy (non-hydrogen) atoms. The van der Waals surface area contributed by atoms with Crippen molar-refractivity contribution < 1.29 is 23.5 Å². The maximum Gasteiger partial charge on any atom is 0.414 e. The molecule has 3 aromatic rings. The SMILES string of the molecule is Cn1nnc(-c2ccc(-c3ccc(N4C[C@H](COC(=O)[C@H]5CCCN5)OC4=O)cc3F)cn2)n1. The Labute approximate surface area is 193 Å². The molecule has 2 atom stereocenters. The monoisotopic (exact) mass is 467 g/mol. The number of nitrogens with zero attached hydrogens (tertiary/aromatic N) is 6. The molecule has 176 valence electrons. The van der Waals surface area contributed by atoms with E-state index in [1.807, 2.05) is 0 Å². The van der Waals surface area contributed by atoms with Gasteiger partial charge in [-0.05, 0) is 48.9 Å². The highest BCUT2D eigenvalue weighted by atomic mass is 19.1. The third-order valence-corrected chi connectivity index (χ3v) is 5.71. The number of hydrogen-bond donors (Lipinski definition) is 1. The van der Waals surface area contributed by atoms with E-state index in [1.54, 1.807) is 31.3 Å². The van der Waals surface area contributed by atoms with Gasteiger partial charge in [0.15, 0.2) is 6.10 Å². The molecular formula is C22H22FN7O4. The fraction of sp³-hybridized carbons (Fsp3) is 0.364. The third kappa shape index (κ3) is 4.44. The Balaban J connectivity index is 1.24. The van der Waals surface area contributed by atoms with Crippen molar-refractivity contribution in [3.05, 3.63) is 42.3 Å². The fourth-order valence-corrected chi connectivity index (χ4v) is 3.96. The third-order valence-electron chi connectivity index (χ3n) is 5.71. The number of carbonyl (C=O) groups is 2. The van der Waals surface area contributed by atoms with Gasteiger partial charge in [0.2, 0.25) is 5.82 Å². The predicted molar refractivity (Wildman–Crippen MR) is 117 cm³/mol. The van der Waals surface area contributed by atoms with Crippen LogP contribution in [0.1, 0.15) is 12.8 Å². The van der Waals surface area contributed by atoms with Gasteiger partial charge in [-0.25, -0.2) is 9.18 Å². The lowest BCUT2D eigenvalue weighted by Gasteiger charge is -2.15. The molecule has 2 aliphatic rings. The minimum Gasteiger partial charge on any atom is -0.461 e. The lowest BCUT2D eigenvalue weighted by molar-refractivity contribution is -0.148. The summed E-state index contributed by atoms with van der Waals surface area (Å²) in [7, 11) is 1.65. The molecule has 4 heterocycles. The van der Waals surface area contributed by atoms with E-state index in [4.69, 9.17) is 9.47 Å². The van der Waals surface area contributed by atoms with Gasteiger partial charge < -0.3 is 14.8 Å². The largest absolute Gasteiger partial charge is 0.461 e. The molecule has 2 saturated heterocycles. The normalized spacial score (nSPS) is 19.9. The number of carbonyl (C=O) groups excluding carboxylic acids is 2. The number of aryl methyl sites for hydroxylation is 1. The van der Waals surface area contributed by atoms with Crippen LogP contribution in [0.25, 0.3) is 22.6 Å². The molecule has 0 saturated carbocycles. The van der Waals surface area contributed by atoms with Crippen LogP contribution in [0.2, 0.25) is 0 Å². The zero-order valence-corrected chi connectivity index (χ0v) is 18.3. The lowest BCUT2D eigenvalue weighted by atomic mass is 10.1. The quantitative estimate of drug-likeness (QED) is 0.539. The van der Waals surface area contributed by atoms with E-state index in [-0.39, 0.29) is 25.2 Å². The first-order valence-electron chi connectivity index (χ1n) is 10.9. The van der Waals surface area contributed by atoms with Crippen molar-refractivity contribution in [2.45, 2.75) is 25.0 Å². The van der Waals surface area contributed by atoms with Crippen molar-refractivity contribution in [3.8, 4) is 22.6 Å². The van der Waals surface area contributed by atoms with Crippen LogP contribution in [0.5, 0.6) is 0 Å². The molecule has 11 nitrogen and oxygen atoms in total. The van der Waals surface area contributed by atoms with Crippen LogP contribution in [0.15, 0.2) is 36.5 Å². The van der Waals surface area contributed by atoms with Crippen LogP contribution in [0.4, 0.5) is 14.9 Å². The van der Waals surface area contributed by atoms with E-state index < -0.39 is 18.0 Å². The van der Waals surface area contributed by atoms with Crippen molar-refractivity contribution in [1.82, 2.24) is 30.5 Å². The summed E-state index contributed by atoms with van der Waals surface area (Å²) in [5, 5.41) is 14.8. The lowest BCUT2D eigenvalue weighted by Crippen LogP contribution is -2.35. The minimum atomic E-state index is -0.618. The average molecular weight is 467 g/mol. The van der Waals surface area contributed by atoms with Gasteiger partial charge in [-0.2, -0.15) is 4.80 Å². The van der Waals surface area contributed by atoms with Crippen LogP contribution in [-0.2, 0) is 21.3 Å². The van der Waals surface area contributed by atoms with Gasteiger partial charge in [0.25, 0.3) is 0 Å². The number of amides is 1. The Morgan fingerprint density at radius 2 is 2.21 bits per heavy atom. The van der Waals surface area contributed by atoms with Crippen molar-refractivity contribution in [1.29, 1.82) is 0 Å². The fourth-order valence-electron chi connectivity index (χ4n) is 3.96. The Hall–Kier alpha value is -3.93. The van der Waals surface area contributed by atoms with Crippen LogP contribution in [0, 0.1) is 5.82 Å². The second-order valence-corrected chi connectivity index (χ2v) is 8.09. The molecule has 2 fully saturated rings. The number of hydrogen-bond acceptors (Lipinski definition) is 9. The van der Waals surface area contributed by atoms with Crippen LogP contribution >= 0.6 is 0 Å². The number of rotatable bonds is 6. The van der Waals surface area contributed by atoms with Gasteiger partial charge in [-0.15, -0.1) is 10.2 Å². The molecule has 2 aromatic heterocycles. The second kappa shape index (κ2) is 9.14. The molecule has 2 aliphatic heterocycles. The first-order valence-corrected chi connectivity index (χ1v) is 10.9. The Bertz CT molecular complexity index is 1210. The van der Waals surface area contributed by atoms with Crippen LogP contribution in [0.3, 0.4) is 0 Å². The number of esters is 1. The van der Waals surface area contributed by atoms with E-state index in [0.29, 0.717) is 28.3 Å². The summed E-state index contributed by atoms with van der Waals surface area (Å²) in [4.78, 5) is 31.3. The summed E-state index contributed by atoms with van der Waals surface area (Å²) >= 11 is 0. The first kappa shape index (κ1) is 21.9. The zero-order chi connectivity index (χ0) is 23.7.